The highest BCUT2D eigenvalue weighted by atomic mass is 32.2. The summed E-state index contributed by atoms with van der Waals surface area (Å²) >= 11 is 2.04. The zero-order valence-electron chi connectivity index (χ0n) is 11.8. The Hall–Kier alpha value is -1.68. The van der Waals surface area contributed by atoms with E-state index in [2.05, 4.69) is 5.32 Å². The number of benzene rings is 2. The van der Waals surface area contributed by atoms with Crippen LogP contribution < -0.4 is 5.32 Å². The normalized spacial score (nSPS) is 18.6. The van der Waals surface area contributed by atoms with Crippen LogP contribution in [0.25, 0.3) is 10.8 Å². The van der Waals surface area contributed by atoms with Crippen LogP contribution in [0, 0.1) is 0 Å². The molecule has 0 amide bonds. The molecule has 2 aromatic carbocycles. The van der Waals surface area contributed by atoms with Crippen LogP contribution in [0.15, 0.2) is 36.4 Å². The van der Waals surface area contributed by atoms with Gasteiger partial charge in [-0.3, -0.25) is 0 Å². The standard InChI is InChI=1S/C17H19NO2S/c19-17(20)15-8-9-16(14-7-2-1-6-13(14)15)18-11-12-5-3-4-10-21-12/h1-2,6-9,12,18H,3-5,10-11H2,(H,19,20). The van der Waals surface area contributed by atoms with Crippen molar-refractivity contribution in [1.29, 1.82) is 0 Å². The van der Waals surface area contributed by atoms with Gasteiger partial charge in [0.05, 0.1) is 5.56 Å². The van der Waals surface area contributed by atoms with Crippen molar-refractivity contribution in [3.8, 4) is 0 Å². The summed E-state index contributed by atoms with van der Waals surface area (Å²) in [6.07, 6.45) is 3.91. The lowest BCUT2D eigenvalue weighted by Crippen LogP contribution is -2.20. The zero-order chi connectivity index (χ0) is 14.7. The fraction of sp³-hybridized carbons (Fsp3) is 0.353. The van der Waals surface area contributed by atoms with Crippen LogP contribution in [0.1, 0.15) is 29.6 Å². The molecule has 2 aromatic rings. The minimum atomic E-state index is -0.874. The summed E-state index contributed by atoms with van der Waals surface area (Å²) in [6.45, 7) is 0.946. The molecule has 1 unspecified atom stereocenters. The Morgan fingerprint density at radius 2 is 2.00 bits per heavy atom. The Kier molecular flexibility index (Phi) is 4.34. The maximum Gasteiger partial charge on any atom is 0.336 e. The summed E-state index contributed by atoms with van der Waals surface area (Å²) < 4.78 is 0. The third-order valence-electron chi connectivity index (χ3n) is 3.95. The first-order chi connectivity index (χ1) is 10.3. The number of nitrogens with one attached hydrogen (secondary N) is 1. The molecule has 0 aliphatic carbocycles. The van der Waals surface area contributed by atoms with Crippen LogP contribution >= 0.6 is 11.8 Å². The van der Waals surface area contributed by atoms with E-state index in [-0.39, 0.29) is 0 Å². The predicted molar refractivity (Wildman–Crippen MR) is 89.5 cm³/mol. The number of carboxylic acids is 1. The SMILES string of the molecule is O=C(O)c1ccc(NCC2CCCCS2)c2ccccc12. The van der Waals surface area contributed by atoms with Crippen molar-refractivity contribution in [2.24, 2.45) is 0 Å². The fourth-order valence-corrected chi connectivity index (χ4v) is 4.07. The van der Waals surface area contributed by atoms with Crippen molar-refractivity contribution < 1.29 is 9.90 Å². The number of hydrogen-bond donors (Lipinski definition) is 2. The monoisotopic (exact) mass is 301 g/mol. The molecule has 1 saturated heterocycles. The zero-order valence-corrected chi connectivity index (χ0v) is 12.7. The van der Waals surface area contributed by atoms with E-state index in [1.165, 1.54) is 25.0 Å². The molecule has 3 rings (SSSR count). The van der Waals surface area contributed by atoms with Crippen LogP contribution in [-0.2, 0) is 0 Å². The number of carbonyl (C=O) groups is 1. The molecular formula is C17H19NO2S. The average molecular weight is 301 g/mol. The molecule has 21 heavy (non-hydrogen) atoms. The molecular weight excluding hydrogens is 282 g/mol. The molecule has 1 fully saturated rings. The van der Waals surface area contributed by atoms with E-state index in [0.29, 0.717) is 10.8 Å². The van der Waals surface area contributed by atoms with Crippen LogP contribution in [0.5, 0.6) is 0 Å². The van der Waals surface area contributed by atoms with Gasteiger partial charge in [0.2, 0.25) is 0 Å². The second-order valence-electron chi connectivity index (χ2n) is 5.38. The molecule has 2 N–H and O–H groups in total. The summed E-state index contributed by atoms with van der Waals surface area (Å²) in [6, 6.07) is 11.3. The van der Waals surface area contributed by atoms with E-state index >= 15 is 0 Å². The van der Waals surface area contributed by atoms with Gasteiger partial charge in [-0.1, -0.05) is 30.7 Å². The van der Waals surface area contributed by atoms with Crippen LogP contribution in [0.4, 0.5) is 5.69 Å². The maximum atomic E-state index is 11.3. The van der Waals surface area contributed by atoms with Crippen molar-refractivity contribution in [2.45, 2.75) is 24.5 Å². The van der Waals surface area contributed by atoms with E-state index in [1.807, 2.05) is 42.1 Å². The molecule has 4 heteroatoms. The smallest absolute Gasteiger partial charge is 0.336 e. The maximum absolute atomic E-state index is 11.3. The Labute approximate surface area is 128 Å². The summed E-state index contributed by atoms with van der Waals surface area (Å²) in [5.74, 6) is 0.381. The Morgan fingerprint density at radius 3 is 2.71 bits per heavy atom. The first kappa shape index (κ1) is 14.3. The number of anilines is 1. The lowest BCUT2D eigenvalue weighted by molar-refractivity contribution is 0.0699. The first-order valence-corrected chi connectivity index (χ1v) is 8.41. The number of fused-ring (bicyclic) bond motifs is 1. The summed E-state index contributed by atoms with van der Waals surface area (Å²) in [5.41, 5.74) is 1.39. The van der Waals surface area contributed by atoms with Gasteiger partial charge >= 0.3 is 5.97 Å². The van der Waals surface area contributed by atoms with Crippen LogP contribution in [0.3, 0.4) is 0 Å². The highest BCUT2D eigenvalue weighted by Crippen LogP contribution is 2.29. The summed E-state index contributed by atoms with van der Waals surface area (Å²) in [7, 11) is 0. The lowest BCUT2D eigenvalue weighted by Gasteiger charge is -2.22. The van der Waals surface area contributed by atoms with E-state index in [1.54, 1.807) is 6.07 Å². The third-order valence-corrected chi connectivity index (χ3v) is 5.35. The number of aromatic carboxylic acids is 1. The average Bonchev–Trinajstić information content (AvgIpc) is 2.53. The molecule has 3 nitrogen and oxygen atoms in total. The van der Waals surface area contributed by atoms with Gasteiger partial charge in [0.25, 0.3) is 0 Å². The number of rotatable bonds is 4. The van der Waals surface area contributed by atoms with Gasteiger partial charge in [0, 0.05) is 22.9 Å². The van der Waals surface area contributed by atoms with Gasteiger partial charge < -0.3 is 10.4 Å². The molecule has 1 heterocycles. The quantitative estimate of drug-likeness (QED) is 0.887. The highest BCUT2D eigenvalue weighted by Gasteiger charge is 2.15. The van der Waals surface area contributed by atoms with Crippen molar-refractivity contribution in [1.82, 2.24) is 0 Å². The number of thioether (sulfide) groups is 1. The van der Waals surface area contributed by atoms with Crippen molar-refractivity contribution in [2.75, 3.05) is 17.6 Å². The van der Waals surface area contributed by atoms with Crippen molar-refractivity contribution >= 4 is 34.2 Å². The molecule has 0 bridgehead atoms. The van der Waals surface area contributed by atoms with Crippen LogP contribution in [-0.4, -0.2) is 28.6 Å². The molecule has 0 aromatic heterocycles. The van der Waals surface area contributed by atoms with Crippen LogP contribution in [0.2, 0.25) is 0 Å². The lowest BCUT2D eigenvalue weighted by atomic mass is 10.0. The fourth-order valence-electron chi connectivity index (χ4n) is 2.83. The van der Waals surface area contributed by atoms with Gasteiger partial charge in [0.1, 0.15) is 0 Å². The van der Waals surface area contributed by atoms with Crippen molar-refractivity contribution in [3.63, 3.8) is 0 Å². The molecule has 0 radical (unpaired) electrons. The van der Waals surface area contributed by atoms with E-state index in [0.717, 1.165) is 23.0 Å². The van der Waals surface area contributed by atoms with Gasteiger partial charge in [-0.05, 0) is 36.1 Å². The van der Waals surface area contributed by atoms with Crippen molar-refractivity contribution in [3.05, 3.63) is 42.0 Å². The van der Waals surface area contributed by atoms with Gasteiger partial charge in [-0.25, -0.2) is 4.79 Å². The van der Waals surface area contributed by atoms with E-state index < -0.39 is 5.97 Å². The van der Waals surface area contributed by atoms with E-state index in [4.69, 9.17) is 0 Å². The second-order valence-corrected chi connectivity index (χ2v) is 6.79. The molecule has 0 saturated carbocycles. The van der Waals surface area contributed by atoms with E-state index in [9.17, 15) is 9.90 Å². The number of carboxylic acid groups (broad SMARTS) is 1. The molecule has 1 atom stereocenters. The molecule has 0 spiro atoms. The summed E-state index contributed by atoms with van der Waals surface area (Å²) in [5, 5.41) is 15.2. The summed E-state index contributed by atoms with van der Waals surface area (Å²) in [4.78, 5) is 11.3. The largest absolute Gasteiger partial charge is 0.478 e. The highest BCUT2D eigenvalue weighted by molar-refractivity contribution is 7.99. The minimum absolute atomic E-state index is 0.364. The third kappa shape index (κ3) is 3.16. The Morgan fingerprint density at radius 1 is 1.19 bits per heavy atom. The Balaban J connectivity index is 1.85. The molecule has 1 aliphatic rings. The van der Waals surface area contributed by atoms with Gasteiger partial charge in [-0.15, -0.1) is 0 Å². The number of hydrogen-bond acceptors (Lipinski definition) is 3. The topological polar surface area (TPSA) is 49.3 Å². The molecule has 110 valence electrons. The molecule has 1 aliphatic heterocycles. The second kappa shape index (κ2) is 6.39. The Bertz CT molecular complexity index is 650. The minimum Gasteiger partial charge on any atom is -0.478 e. The van der Waals surface area contributed by atoms with Gasteiger partial charge in [-0.2, -0.15) is 11.8 Å². The predicted octanol–water partition coefficient (Wildman–Crippen LogP) is 4.24. The van der Waals surface area contributed by atoms with Gasteiger partial charge in [0.15, 0.2) is 0 Å². The first-order valence-electron chi connectivity index (χ1n) is 7.36.